The van der Waals surface area contributed by atoms with E-state index in [1.165, 1.54) is 18.4 Å². The number of benzene rings is 2. The van der Waals surface area contributed by atoms with Crippen LogP contribution >= 0.6 is 11.6 Å². The Hall–Kier alpha value is -2.00. The van der Waals surface area contributed by atoms with Crippen LogP contribution in [0.5, 0.6) is 0 Å². The third-order valence-electron chi connectivity index (χ3n) is 3.43. The summed E-state index contributed by atoms with van der Waals surface area (Å²) in [6, 6.07) is 15.2. The first-order valence-corrected chi connectivity index (χ1v) is 7.94. The van der Waals surface area contributed by atoms with E-state index >= 15 is 0 Å². The number of hydrogen-bond acceptors (Lipinski definition) is 1. The highest BCUT2D eigenvalue weighted by Crippen LogP contribution is 2.15. The number of carbonyl (C=O) groups excluding carboxylic acids is 1. The summed E-state index contributed by atoms with van der Waals surface area (Å²) >= 11 is 6.06. The van der Waals surface area contributed by atoms with E-state index in [4.69, 9.17) is 11.6 Å². The van der Waals surface area contributed by atoms with Crippen molar-refractivity contribution in [3.8, 4) is 0 Å². The number of hydrogen-bond donors (Lipinski definition) is 2. The van der Waals surface area contributed by atoms with Gasteiger partial charge in [0.25, 0.3) is 0 Å². The van der Waals surface area contributed by atoms with Gasteiger partial charge in [0.2, 0.25) is 0 Å². The maximum Gasteiger partial charge on any atom is 0.319 e. The van der Waals surface area contributed by atoms with Crippen molar-refractivity contribution in [3.05, 3.63) is 64.7 Å². The van der Waals surface area contributed by atoms with E-state index in [0.29, 0.717) is 11.6 Å². The zero-order valence-corrected chi connectivity index (χ0v) is 13.5. The first-order valence-electron chi connectivity index (χ1n) is 7.56. The van der Waals surface area contributed by atoms with Crippen LogP contribution in [0.2, 0.25) is 5.02 Å². The molecule has 2 rings (SSSR count). The Morgan fingerprint density at radius 3 is 2.50 bits per heavy atom. The maximum atomic E-state index is 11.9. The van der Waals surface area contributed by atoms with Crippen LogP contribution in [0.1, 0.15) is 30.9 Å². The van der Waals surface area contributed by atoms with Crippen molar-refractivity contribution in [3.63, 3.8) is 0 Å². The number of unbranched alkanes of at least 4 members (excludes halogenated alkanes) is 1. The number of aryl methyl sites for hydroxylation is 1. The van der Waals surface area contributed by atoms with Crippen molar-refractivity contribution in [2.24, 2.45) is 0 Å². The summed E-state index contributed by atoms with van der Waals surface area (Å²) in [7, 11) is 0. The van der Waals surface area contributed by atoms with Gasteiger partial charge in [-0.05, 0) is 42.2 Å². The number of halogens is 1. The van der Waals surface area contributed by atoms with Gasteiger partial charge in [0.1, 0.15) is 0 Å². The van der Waals surface area contributed by atoms with E-state index in [0.717, 1.165) is 17.7 Å². The molecule has 0 atom stereocenters. The Bertz CT molecular complexity index is 611. The lowest BCUT2D eigenvalue weighted by molar-refractivity contribution is 0.251. The molecule has 0 bridgehead atoms. The normalized spacial score (nSPS) is 10.3. The average Bonchev–Trinajstić information content (AvgIpc) is 2.53. The SMILES string of the molecule is CCCCc1ccc(NC(=O)NCc2ccccc2Cl)cc1. The lowest BCUT2D eigenvalue weighted by Crippen LogP contribution is -2.28. The van der Waals surface area contributed by atoms with Crippen LogP contribution in [0, 0.1) is 0 Å². The maximum absolute atomic E-state index is 11.9. The van der Waals surface area contributed by atoms with Crippen molar-refractivity contribution in [1.82, 2.24) is 5.32 Å². The molecule has 0 radical (unpaired) electrons. The molecule has 0 aromatic heterocycles. The topological polar surface area (TPSA) is 41.1 Å². The van der Waals surface area contributed by atoms with Gasteiger partial charge in [0, 0.05) is 17.3 Å². The van der Waals surface area contributed by atoms with Crippen molar-refractivity contribution >= 4 is 23.3 Å². The molecule has 0 saturated carbocycles. The lowest BCUT2D eigenvalue weighted by Gasteiger charge is -2.09. The van der Waals surface area contributed by atoms with Crippen LogP contribution < -0.4 is 10.6 Å². The minimum Gasteiger partial charge on any atom is -0.334 e. The van der Waals surface area contributed by atoms with Gasteiger partial charge in [0.15, 0.2) is 0 Å². The highest BCUT2D eigenvalue weighted by atomic mass is 35.5. The van der Waals surface area contributed by atoms with E-state index in [1.54, 1.807) is 0 Å². The smallest absolute Gasteiger partial charge is 0.319 e. The van der Waals surface area contributed by atoms with E-state index in [1.807, 2.05) is 36.4 Å². The van der Waals surface area contributed by atoms with Crippen LogP contribution in [0.3, 0.4) is 0 Å². The largest absolute Gasteiger partial charge is 0.334 e. The van der Waals surface area contributed by atoms with Gasteiger partial charge in [-0.15, -0.1) is 0 Å². The number of rotatable bonds is 6. The van der Waals surface area contributed by atoms with Gasteiger partial charge in [-0.1, -0.05) is 55.3 Å². The molecule has 4 heteroatoms. The van der Waals surface area contributed by atoms with Crippen LogP contribution in [-0.2, 0) is 13.0 Å². The second kappa shape index (κ2) is 8.44. The molecular formula is C18H21ClN2O. The van der Waals surface area contributed by atoms with Gasteiger partial charge in [0.05, 0.1) is 0 Å². The molecule has 0 aliphatic rings. The second-order valence-electron chi connectivity index (χ2n) is 5.20. The molecule has 0 aliphatic heterocycles. The number of anilines is 1. The van der Waals surface area contributed by atoms with Crippen LogP contribution in [0.4, 0.5) is 10.5 Å². The zero-order chi connectivity index (χ0) is 15.8. The van der Waals surface area contributed by atoms with Crippen LogP contribution in [-0.4, -0.2) is 6.03 Å². The monoisotopic (exact) mass is 316 g/mol. The summed E-state index contributed by atoms with van der Waals surface area (Å²) < 4.78 is 0. The number of carbonyl (C=O) groups is 1. The Kier molecular flexibility index (Phi) is 6.28. The Balaban J connectivity index is 1.83. The number of urea groups is 1. The minimum atomic E-state index is -0.235. The molecule has 2 N–H and O–H groups in total. The average molecular weight is 317 g/mol. The van der Waals surface area contributed by atoms with Crippen molar-refractivity contribution in [1.29, 1.82) is 0 Å². The molecule has 0 heterocycles. The van der Waals surface area contributed by atoms with E-state index in [9.17, 15) is 4.79 Å². The van der Waals surface area contributed by atoms with Crippen molar-refractivity contribution in [2.75, 3.05) is 5.32 Å². The predicted molar refractivity (Wildman–Crippen MR) is 92.4 cm³/mol. The predicted octanol–water partition coefficient (Wildman–Crippen LogP) is 5.00. The molecule has 116 valence electrons. The molecule has 2 amide bonds. The van der Waals surface area contributed by atoms with E-state index < -0.39 is 0 Å². The fraction of sp³-hybridized carbons (Fsp3) is 0.278. The number of amides is 2. The summed E-state index contributed by atoms with van der Waals surface area (Å²) in [4.78, 5) is 11.9. The van der Waals surface area contributed by atoms with Crippen molar-refractivity contribution < 1.29 is 4.79 Å². The molecule has 0 fully saturated rings. The Labute approximate surface area is 136 Å². The molecule has 0 spiro atoms. The quantitative estimate of drug-likeness (QED) is 0.773. The molecule has 22 heavy (non-hydrogen) atoms. The first-order chi connectivity index (χ1) is 10.7. The summed E-state index contributed by atoms with van der Waals surface area (Å²) in [5, 5.41) is 6.28. The first kappa shape index (κ1) is 16.4. The number of nitrogens with one attached hydrogen (secondary N) is 2. The molecule has 2 aromatic carbocycles. The van der Waals surface area contributed by atoms with E-state index in [2.05, 4.69) is 29.7 Å². The Morgan fingerprint density at radius 1 is 1.09 bits per heavy atom. The summed E-state index contributed by atoms with van der Waals surface area (Å²) in [5.41, 5.74) is 2.98. The third kappa shape index (κ3) is 5.08. The summed E-state index contributed by atoms with van der Waals surface area (Å²) in [6.45, 7) is 2.58. The Morgan fingerprint density at radius 2 is 1.82 bits per heavy atom. The van der Waals surface area contributed by atoms with Gasteiger partial charge < -0.3 is 10.6 Å². The fourth-order valence-electron chi connectivity index (χ4n) is 2.13. The molecule has 0 unspecified atom stereocenters. The van der Waals surface area contributed by atoms with Crippen LogP contribution in [0.25, 0.3) is 0 Å². The van der Waals surface area contributed by atoms with Gasteiger partial charge >= 0.3 is 6.03 Å². The second-order valence-corrected chi connectivity index (χ2v) is 5.61. The molecule has 0 aliphatic carbocycles. The van der Waals surface area contributed by atoms with Gasteiger partial charge in [-0.25, -0.2) is 4.79 Å². The molecular weight excluding hydrogens is 296 g/mol. The molecule has 0 saturated heterocycles. The third-order valence-corrected chi connectivity index (χ3v) is 3.80. The van der Waals surface area contributed by atoms with Gasteiger partial charge in [-0.2, -0.15) is 0 Å². The molecule has 2 aromatic rings. The highest BCUT2D eigenvalue weighted by Gasteiger charge is 2.04. The van der Waals surface area contributed by atoms with Crippen LogP contribution in [0.15, 0.2) is 48.5 Å². The minimum absolute atomic E-state index is 0.235. The summed E-state index contributed by atoms with van der Waals surface area (Å²) in [5.74, 6) is 0. The van der Waals surface area contributed by atoms with E-state index in [-0.39, 0.29) is 6.03 Å². The molecule has 3 nitrogen and oxygen atoms in total. The van der Waals surface area contributed by atoms with Gasteiger partial charge in [-0.3, -0.25) is 0 Å². The zero-order valence-electron chi connectivity index (χ0n) is 12.7. The lowest BCUT2D eigenvalue weighted by atomic mass is 10.1. The standard InChI is InChI=1S/C18H21ClN2O/c1-2-3-6-14-9-11-16(12-10-14)21-18(22)20-13-15-7-4-5-8-17(15)19/h4-5,7-12H,2-3,6,13H2,1H3,(H2,20,21,22). The van der Waals surface area contributed by atoms with Crippen molar-refractivity contribution in [2.45, 2.75) is 32.7 Å². The summed E-state index contributed by atoms with van der Waals surface area (Å²) in [6.07, 6.45) is 3.45. The fourth-order valence-corrected chi connectivity index (χ4v) is 2.33. The highest BCUT2D eigenvalue weighted by molar-refractivity contribution is 6.31.